The van der Waals surface area contributed by atoms with E-state index in [1.54, 1.807) is 0 Å². The van der Waals surface area contributed by atoms with Crippen LogP contribution in [0.15, 0.2) is 12.1 Å². The Morgan fingerprint density at radius 3 is 2.25 bits per heavy atom. The first-order chi connectivity index (χ1) is 7.20. The van der Waals surface area contributed by atoms with Gasteiger partial charge < -0.3 is 0 Å². The van der Waals surface area contributed by atoms with Crippen LogP contribution < -0.4 is 0 Å². The molecule has 1 nitrogen and oxygen atoms in total. The van der Waals surface area contributed by atoms with Gasteiger partial charge in [-0.15, -0.1) is 0 Å². The van der Waals surface area contributed by atoms with Gasteiger partial charge in [-0.1, -0.05) is 0 Å². The van der Waals surface area contributed by atoms with E-state index in [-0.39, 0.29) is 5.56 Å². The summed E-state index contributed by atoms with van der Waals surface area (Å²) in [7, 11) is 0. The zero-order valence-corrected chi connectivity index (χ0v) is 8.16. The Balaban J connectivity index is 3.05. The zero-order chi connectivity index (χ0) is 12.5. The fourth-order valence-electron chi connectivity index (χ4n) is 1.14. The molecule has 0 aromatic heterocycles. The fraction of sp³-hybridized carbons (Fsp3) is 0.300. The monoisotopic (exact) mass is 238 g/mol. The predicted molar refractivity (Wildman–Crippen MR) is 46.1 cm³/mol. The number of Topliss-reactive ketones (excluding diaryl/α,β-unsaturated/α-hetero) is 1. The van der Waals surface area contributed by atoms with E-state index in [1.165, 1.54) is 6.92 Å². The Bertz CT molecular complexity index is 422. The summed E-state index contributed by atoms with van der Waals surface area (Å²) in [5.74, 6) is -3.54. The van der Waals surface area contributed by atoms with Gasteiger partial charge in [-0.3, -0.25) is 4.79 Å². The van der Waals surface area contributed by atoms with Gasteiger partial charge >= 0.3 is 6.18 Å². The van der Waals surface area contributed by atoms with Crippen molar-refractivity contribution in [3.63, 3.8) is 0 Å². The van der Waals surface area contributed by atoms with Gasteiger partial charge in [0.15, 0.2) is 5.78 Å². The third-order valence-corrected chi connectivity index (χ3v) is 1.91. The second-order valence-electron chi connectivity index (χ2n) is 3.30. The molecule has 1 aromatic carbocycles. The molecule has 0 aliphatic heterocycles. The van der Waals surface area contributed by atoms with E-state index in [9.17, 15) is 26.7 Å². The van der Waals surface area contributed by atoms with Gasteiger partial charge in [0.2, 0.25) is 0 Å². The first-order valence-corrected chi connectivity index (χ1v) is 4.26. The summed E-state index contributed by atoms with van der Waals surface area (Å²) in [6.07, 6.45) is -6.53. The largest absolute Gasteiger partial charge is 0.396 e. The van der Waals surface area contributed by atoms with Crippen LogP contribution in [0.25, 0.3) is 0 Å². The number of aryl methyl sites for hydroxylation is 1. The number of ketones is 1. The number of hydrogen-bond donors (Lipinski definition) is 0. The lowest BCUT2D eigenvalue weighted by Gasteiger charge is -2.07. The maximum Gasteiger partial charge on any atom is 0.396 e. The number of carbonyl (C=O) groups excluding carboxylic acids is 1. The number of carbonyl (C=O) groups is 1. The molecule has 88 valence electrons. The van der Waals surface area contributed by atoms with Crippen LogP contribution in [0, 0.1) is 18.6 Å². The van der Waals surface area contributed by atoms with Gasteiger partial charge in [0.25, 0.3) is 0 Å². The van der Waals surface area contributed by atoms with Crippen molar-refractivity contribution in [2.75, 3.05) is 0 Å². The summed E-state index contributed by atoms with van der Waals surface area (Å²) >= 11 is 0. The quantitative estimate of drug-likeness (QED) is 0.570. The molecule has 0 heterocycles. The molecule has 0 saturated heterocycles. The van der Waals surface area contributed by atoms with Gasteiger partial charge in [0, 0.05) is 0 Å². The Morgan fingerprint density at radius 1 is 1.19 bits per heavy atom. The summed E-state index contributed by atoms with van der Waals surface area (Å²) < 4.78 is 61.7. The molecule has 0 N–H and O–H groups in total. The highest BCUT2D eigenvalue weighted by atomic mass is 19.4. The first kappa shape index (κ1) is 12.6. The average molecular weight is 238 g/mol. The second-order valence-corrected chi connectivity index (χ2v) is 3.30. The second kappa shape index (κ2) is 4.19. The number of alkyl halides is 3. The molecule has 0 atom stereocenters. The summed E-state index contributed by atoms with van der Waals surface area (Å²) in [4.78, 5) is 11.0. The number of halogens is 5. The van der Waals surface area contributed by atoms with E-state index < -0.39 is 35.6 Å². The number of rotatable bonds is 2. The van der Waals surface area contributed by atoms with Crippen LogP contribution >= 0.6 is 0 Å². The molecule has 0 amide bonds. The van der Waals surface area contributed by atoms with E-state index in [1.807, 2.05) is 0 Å². The van der Waals surface area contributed by atoms with E-state index >= 15 is 0 Å². The summed E-state index contributed by atoms with van der Waals surface area (Å²) in [6.45, 7) is 1.25. The normalized spacial score (nSPS) is 11.6. The van der Waals surface area contributed by atoms with E-state index in [4.69, 9.17) is 0 Å². The Labute approximate surface area is 87.9 Å². The van der Waals surface area contributed by atoms with Gasteiger partial charge in [-0.2, -0.15) is 13.2 Å². The fourth-order valence-corrected chi connectivity index (χ4v) is 1.14. The van der Waals surface area contributed by atoms with Crippen LogP contribution in [-0.2, 0) is 0 Å². The molecule has 0 saturated carbocycles. The van der Waals surface area contributed by atoms with Crippen LogP contribution in [-0.4, -0.2) is 12.0 Å². The van der Waals surface area contributed by atoms with E-state index in [0.717, 1.165) is 0 Å². The molecule has 0 fully saturated rings. The molecule has 0 bridgehead atoms. The van der Waals surface area contributed by atoms with Crippen molar-refractivity contribution >= 4 is 5.78 Å². The van der Waals surface area contributed by atoms with E-state index in [2.05, 4.69) is 0 Å². The van der Waals surface area contributed by atoms with Gasteiger partial charge in [0.1, 0.15) is 18.1 Å². The van der Waals surface area contributed by atoms with Crippen LogP contribution in [0.1, 0.15) is 22.3 Å². The molecule has 16 heavy (non-hydrogen) atoms. The Hall–Kier alpha value is -1.46. The van der Waals surface area contributed by atoms with Crippen molar-refractivity contribution in [1.82, 2.24) is 0 Å². The maximum atomic E-state index is 13.1. The van der Waals surface area contributed by atoms with Crippen LogP contribution in [0.2, 0.25) is 0 Å². The third-order valence-electron chi connectivity index (χ3n) is 1.91. The molecule has 0 unspecified atom stereocenters. The number of hydrogen-bond acceptors (Lipinski definition) is 1. The minimum absolute atomic E-state index is 0.0685. The standard InChI is InChI=1S/C10H7F5O/c1-5-2-8(12)6(3-7(5)11)9(16)4-10(13,14)15/h2-3H,4H2,1H3. The summed E-state index contributed by atoms with van der Waals surface area (Å²) in [5, 5.41) is 0. The van der Waals surface area contributed by atoms with Gasteiger partial charge in [0.05, 0.1) is 5.56 Å². The minimum Gasteiger partial charge on any atom is -0.294 e. The maximum absolute atomic E-state index is 13.1. The van der Waals surface area contributed by atoms with Gasteiger partial charge in [-0.05, 0) is 24.6 Å². The third kappa shape index (κ3) is 3.01. The van der Waals surface area contributed by atoms with Crippen molar-refractivity contribution < 1.29 is 26.7 Å². The van der Waals surface area contributed by atoms with Crippen molar-refractivity contribution in [1.29, 1.82) is 0 Å². The molecule has 0 aliphatic rings. The van der Waals surface area contributed by atoms with Crippen molar-refractivity contribution in [2.24, 2.45) is 0 Å². The van der Waals surface area contributed by atoms with Gasteiger partial charge in [-0.25, -0.2) is 8.78 Å². The molecule has 1 rings (SSSR count). The number of benzene rings is 1. The zero-order valence-electron chi connectivity index (χ0n) is 8.16. The van der Waals surface area contributed by atoms with Crippen LogP contribution in [0.5, 0.6) is 0 Å². The topological polar surface area (TPSA) is 17.1 Å². The lowest BCUT2D eigenvalue weighted by molar-refractivity contribution is -0.125. The Morgan fingerprint density at radius 2 is 1.75 bits per heavy atom. The highest BCUT2D eigenvalue weighted by Gasteiger charge is 2.32. The molecular weight excluding hydrogens is 231 g/mol. The molecule has 0 aliphatic carbocycles. The smallest absolute Gasteiger partial charge is 0.294 e. The summed E-state index contributed by atoms with van der Waals surface area (Å²) in [5.41, 5.74) is -0.943. The Kier molecular flexibility index (Phi) is 3.30. The van der Waals surface area contributed by atoms with Crippen molar-refractivity contribution in [3.05, 3.63) is 34.9 Å². The average Bonchev–Trinajstić information content (AvgIpc) is 2.08. The van der Waals surface area contributed by atoms with E-state index in [0.29, 0.717) is 12.1 Å². The van der Waals surface area contributed by atoms with Crippen LogP contribution in [0.4, 0.5) is 22.0 Å². The lowest BCUT2D eigenvalue weighted by Crippen LogP contribution is -2.16. The molecular formula is C10H7F5O. The summed E-state index contributed by atoms with van der Waals surface area (Å²) in [6, 6.07) is 1.18. The molecule has 0 radical (unpaired) electrons. The lowest BCUT2D eigenvalue weighted by atomic mass is 10.0. The first-order valence-electron chi connectivity index (χ1n) is 4.26. The highest BCUT2D eigenvalue weighted by molar-refractivity contribution is 5.96. The van der Waals surface area contributed by atoms with Crippen molar-refractivity contribution in [2.45, 2.75) is 19.5 Å². The van der Waals surface area contributed by atoms with Crippen LogP contribution in [0.3, 0.4) is 0 Å². The molecule has 6 heteroatoms. The highest BCUT2D eigenvalue weighted by Crippen LogP contribution is 2.24. The molecule has 1 aromatic rings. The minimum atomic E-state index is -4.73. The SMILES string of the molecule is Cc1cc(F)c(C(=O)CC(F)(F)F)cc1F. The predicted octanol–water partition coefficient (Wildman–Crippen LogP) is 3.41. The van der Waals surface area contributed by atoms with Crippen molar-refractivity contribution in [3.8, 4) is 0 Å². The molecule has 0 spiro atoms.